The van der Waals surface area contributed by atoms with Crippen molar-refractivity contribution in [3.05, 3.63) is 75.3 Å². The molecule has 0 saturated carbocycles. The summed E-state index contributed by atoms with van der Waals surface area (Å²) in [5.41, 5.74) is -3.52. The smallest absolute Gasteiger partial charge is 0.300 e. The number of halogens is 11. The summed E-state index contributed by atoms with van der Waals surface area (Å²) in [6, 6.07) is 4.79. The minimum absolute atomic E-state index is 0.119. The normalized spacial score (nSPS) is 14.7. The third-order valence-corrected chi connectivity index (χ3v) is 6.33. The first-order valence-electron chi connectivity index (χ1n) is 11.7. The Morgan fingerprint density at radius 1 is 0.925 bits per heavy atom. The van der Waals surface area contributed by atoms with Crippen molar-refractivity contribution in [2.45, 2.75) is 64.0 Å². The number of ketones is 2. The van der Waals surface area contributed by atoms with Crippen molar-refractivity contribution in [2.75, 3.05) is 0 Å². The van der Waals surface area contributed by atoms with Gasteiger partial charge in [-0.3, -0.25) is 9.59 Å². The molecule has 2 atom stereocenters. The summed E-state index contributed by atoms with van der Waals surface area (Å²) in [7, 11) is 0. The highest BCUT2D eigenvalue weighted by Gasteiger charge is 2.40. The van der Waals surface area contributed by atoms with E-state index >= 15 is 0 Å². The standard InChI is InChI=1S/C27H23ClF10O2/c1-14(9-18(39)7-8-25(30,31)32)10-24(40)19-5-3-17(12-21(19)27(36,37)38)23(29)13-20(26(33,34)35)16-4-6-22(28)15(2)11-16/h3-6,11-14,20H,7-10H2,1-2H3/b23-13-/t14-,20?/m1/s1. The van der Waals surface area contributed by atoms with Gasteiger partial charge in [-0.15, -0.1) is 0 Å². The molecular weight excluding hydrogens is 582 g/mol. The van der Waals surface area contributed by atoms with E-state index < -0.39 is 95.7 Å². The Morgan fingerprint density at radius 3 is 2.08 bits per heavy atom. The predicted octanol–water partition coefficient (Wildman–Crippen LogP) is 9.83. The van der Waals surface area contributed by atoms with Gasteiger partial charge in [0.15, 0.2) is 5.78 Å². The van der Waals surface area contributed by atoms with Gasteiger partial charge >= 0.3 is 18.5 Å². The Morgan fingerprint density at radius 2 is 1.55 bits per heavy atom. The SMILES string of the molecule is Cc1cc(C(/C=C(\F)c2ccc(C(=O)C[C@H](C)CC(=O)CCC(F)(F)F)c(C(F)(F)F)c2)C(F)(F)F)ccc1Cl. The maximum absolute atomic E-state index is 15.0. The highest BCUT2D eigenvalue weighted by molar-refractivity contribution is 6.31. The van der Waals surface area contributed by atoms with Crippen LogP contribution in [0.15, 0.2) is 42.5 Å². The van der Waals surface area contributed by atoms with E-state index in [4.69, 9.17) is 11.6 Å². The van der Waals surface area contributed by atoms with Gasteiger partial charge in [-0.05, 0) is 42.2 Å². The van der Waals surface area contributed by atoms with Gasteiger partial charge in [0.2, 0.25) is 0 Å². The van der Waals surface area contributed by atoms with Gasteiger partial charge in [0, 0.05) is 35.4 Å². The van der Waals surface area contributed by atoms with Crippen LogP contribution in [0.4, 0.5) is 43.9 Å². The van der Waals surface area contributed by atoms with Crippen LogP contribution in [0.3, 0.4) is 0 Å². The molecule has 0 aliphatic heterocycles. The Bertz CT molecular complexity index is 1260. The van der Waals surface area contributed by atoms with Crippen LogP contribution in [-0.2, 0) is 11.0 Å². The molecule has 13 heteroatoms. The van der Waals surface area contributed by atoms with Crippen LogP contribution in [0.25, 0.3) is 5.83 Å². The molecule has 0 fully saturated rings. The van der Waals surface area contributed by atoms with Gasteiger partial charge in [0.25, 0.3) is 0 Å². The molecule has 40 heavy (non-hydrogen) atoms. The molecule has 0 bridgehead atoms. The Kier molecular flexibility index (Phi) is 10.6. The van der Waals surface area contributed by atoms with Crippen LogP contribution in [0.2, 0.25) is 5.02 Å². The van der Waals surface area contributed by atoms with Gasteiger partial charge in [0.1, 0.15) is 17.5 Å². The average molecular weight is 605 g/mol. The highest BCUT2D eigenvalue weighted by atomic mass is 35.5. The van der Waals surface area contributed by atoms with E-state index in [1.165, 1.54) is 19.9 Å². The van der Waals surface area contributed by atoms with Gasteiger partial charge < -0.3 is 0 Å². The Labute approximate surface area is 228 Å². The van der Waals surface area contributed by atoms with Gasteiger partial charge in [-0.25, -0.2) is 4.39 Å². The number of rotatable bonds is 10. The fourth-order valence-electron chi connectivity index (χ4n) is 3.92. The lowest BCUT2D eigenvalue weighted by Crippen LogP contribution is -2.19. The minimum atomic E-state index is -5.20. The molecule has 0 N–H and O–H groups in total. The maximum Gasteiger partial charge on any atom is 0.417 e. The van der Waals surface area contributed by atoms with Crippen molar-refractivity contribution in [2.24, 2.45) is 5.92 Å². The molecule has 2 rings (SSSR count). The fourth-order valence-corrected chi connectivity index (χ4v) is 4.04. The Hall–Kier alpha value is -2.89. The van der Waals surface area contributed by atoms with Crippen LogP contribution in [-0.4, -0.2) is 23.9 Å². The molecule has 0 spiro atoms. The van der Waals surface area contributed by atoms with E-state index in [2.05, 4.69) is 0 Å². The molecule has 220 valence electrons. The van der Waals surface area contributed by atoms with Crippen LogP contribution in [0.1, 0.15) is 71.1 Å². The number of alkyl halides is 9. The molecule has 0 amide bonds. The molecule has 0 aromatic heterocycles. The fraction of sp³-hybridized carbons (Fsp3) is 0.407. The highest BCUT2D eigenvalue weighted by Crippen LogP contribution is 2.40. The summed E-state index contributed by atoms with van der Waals surface area (Å²) >= 11 is 5.83. The first-order chi connectivity index (χ1) is 18.2. The van der Waals surface area contributed by atoms with Crippen LogP contribution in [0, 0.1) is 12.8 Å². The van der Waals surface area contributed by atoms with Crippen LogP contribution < -0.4 is 0 Å². The molecular formula is C27H23ClF10O2. The number of Topliss-reactive ketones (excluding diaryl/α,β-unsaturated/α-hetero) is 2. The second-order valence-electron chi connectivity index (χ2n) is 9.39. The lowest BCUT2D eigenvalue weighted by Gasteiger charge is -2.19. The zero-order valence-corrected chi connectivity index (χ0v) is 21.8. The molecule has 0 heterocycles. The van der Waals surface area contributed by atoms with Gasteiger partial charge in [-0.1, -0.05) is 42.8 Å². The Balaban J connectivity index is 2.36. The molecule has 2 aromatic carbocycles. The summed E-state index contributed by atoms with van der Waals surface area (Å²) < 4.78 is 134. The average Bonchev–Trinajstić information content (AvgIpc) is 2.80. The van der Waals surface area contributed by atoms with Gasteiger partial charge in [-0.2, -0.15) is 39.5 Å². The van der Waals surface area contributed by atoms with Crippen molar-refractivity contribution in [1.29, 1.82) is 0 Å². The van der Waals surface area contributed by atoms with E-state index in [1.54, 1.807) is 0 Å². The monoisotopic (exact) mass is 604 g/mol. The third-order valence-electron chi connectivity index (χ3n) is 5.91. The summed E-state index contributed by atoms with van der Waals surface area (Å²) in [5.74, 6) is -6.99. The van der Waals surface area contributed by atoms with E-state index in [0.29, 0.717) is 12.1 Å². The van der Waals surface area contributed by atoms with E-state index in [0.717, 1.165) is 12.1 Å². The molecule has 2 aromatic rings. The van der Waals surface area contributed by atoms with E-state index in [-0.39, 0.29) is 22.7 Å². The predicted molar refractivity (Wildman–Crippen MR) is 129 cm³/mol. The van der Waals surface area contributed by atoms with Gasteiger partial charge in [0.05, 0.1) is 12.0 Å². The number of aryl methyl sites for hydroxylation is 1. The van der Waals surface area contributed by atoms with Crippen LogP contribution >= 0.6 is 11.6 Å². The van der Waals surface area contributed by atoms with E-state index in [1.807, 2.05) is 0 Å². The van der Waals surface area contributed by atoms with Crippen molar-refractivity contribution in [3.8, 4) is 0 Å². The summed E-state index contributed by atoms with van der Waals surface area (Å²) in [6.45, 7) is 2.72. The summed E-state index contributed by atoms with van der Waals surface area (Å²) in [6.07, 6.45) is -18.0. The van der Waals surface area contributed by atoms with Crippen LogP contribution in [0.5, 0.6) is 0 Å². The molecule has 0 aliphatic carbocycles. The lowest BCUT2D eigenvalue weighted by atomic mass is 9.90. The molecule has 0 saturated heterocycles. The van der Waals surface area contributed by atoms with E-state index in [9.17, 15) is 53.5 Å². The molecule has 2 nitrogen and oxygen atoms in total. The summed E-state index contributed by atoms with van der Waals surface area (Å²) in [5, 5.41) is 0.157. The van der Waals surface area contributed by atoms with Crippen molar-refractivity contribution >= 4 is 29.0 Å². The van der Waals surface area contributed by atoms with Crippen molar-refractivity contribution in [1.82, 2.24) is 0 Å². The molecule has 0 radical (unpaired) electrons. The molecule has 1 unspecified atom stereocenters. The number of hydrogen-bond acceptors (Lipinski definition) is 2. The topological polar surface area (TPSA) is 34.1 Å². The first-order valence-corrected chi connectivity index (χ1v) is 12.1. The minimum Gasteiger partial charge on any atom is -0.300 e. The van der Waals surface area contributed by atoms with Crippen molar-refractivity contribution < 1.29 is 53.5 Å². The number of carbonyl (C=O) groups is 2. The second-order valence-corrected chi connectivity index (χ2v) is 9.80. The third kappa shape index (κ3) is 9.64. The number of carbonyl (C=O) groups excluding carboxylic acids is 2. The molecule has 0 aliphatic rings. The first kappa shape index (κ1) is 33.3. The summed E-state index contributed by atoms with van der Waals surface area (Å²) in [4.78, 5) is 24.3. The quantitative estimate of drug-likeness (QED) is 0.200. The maximum atomic E-state index is 15.0. The zero-order valence-electron chi connectivity index (χ0n) is 21.0. The zero-order chi connectivity index (χ0) is 30.6. The number of hydrogen-bond donors (Lipinski definition) is 0. The largest absolute Gasteiger partial charge is 0.417 e. The number of benzene rings is 2. The lowest BCUT2D eigenvalue weighted by molar-refractivity contribution is -0.143. The van der Waals surface area contributed by atoms with Crippen molar-refractivity contribution in [3.63, 3.8) is 0 Å². The second kappa shape index (κ2) is 12.7. The number of allylic oxidation sites excluding steroid dienone is 1.